The molecule has 0 bridgehead atoms. The number of hydrogen-bond acceptors (Lipinski definition) is 3. The predicted molar refractivity (Wildman–Crippen MR) is 82.0 cm³/mol. The van der Waals surface area contributed by atoms with Crippen LogP contribution in [0.4, 0.5) is 4.39 Å². The second-order valence-electron chi connectivity index (χ2n) is 5.81. The summed E-state index contributed by atoms with van der Waals surface area (Å²) < 4.78 is 37.6. The molecule has 6 heteroatoms. The number of hydrogen-bond donors (Lipinski definition) is 1. The van der Waals surface area contributed by atoms with E-state index >= 15 is 0 Å². The van der Waals surface area contributed by atoms with Crippen molar-refractivity contribution in [1.82, 2.24) is 9.62 Å². The zero-order valence-corrected chi connectivity index (χ0v) is 13.4. The number of halogens is 1. The minimum atomic E-state index is -3.09. The van der Waals surface area contributed by atoms with E-state index in [1.165, 1.54) is 18.4 Å². The highest BCUT2D eigenvalue weighted by Gasteiger charge is 2.25. The highest BCUT2D eigenvalue weighted by atomic mass is 32.2. The maximum Gasteiger partial charge on any atom is 0.211 e. The van der Waals surface area contributed by atoms with Gasteiger partial charge in [-0.15, -0.1) is 0 Å². The van der Waals surface area contributed by atoms with E-state index < -0.39 is 10.0 Å². The van der Waals surface area contributed by atoms with E-state index in [2.05, 4.69) is 5.32 Å². The molecule has 1 aromatic rings. The first-order chi connectivity index (χ1) is 9.86. The summed E-state index contributed by atoms with van der Waals surface area (Å²) in [5.74, 6) is 0.0957. The van der Waals surface area contributed by atoms with Gasteiger partial charge in [-0.3, -0.25) is 0 Å². The van der Waals surface area contributed by atoms with E-state index in [-0.39, 0.29) is 11.9 Å². The average molecular weight is 314 g/mol. The van der Waals surface area contributed by atoms with E-state index in [4.69, 9.17) is 0 Å². The van der Waals surface area contributed by atoms with Crippen LogP contribution in [0.5, 0.6) is 0 Å². The average Bonchev–Trinajstić information content (AvgIpc) is 2.45. The summed E-state index contributed by atoms with van der Waals surface area (Å²) in [5.41, 5.74) is 1.03. The highest BCUT2D eigenvalue weighted by Crippen LogP contribution is 2.19. The molecule has 2 rings (SSSR count). The van der Waals surface area contributed by atoms with Gasteiger partial charge in [0.2, 0.25) is 10.0 Å². The second-order valence-corrected chi connectivity index (χ2v) is 7.79. The van der Waals surface area contributed by atoms with Crippen molar-refractivity contribution in [2.45, 2.75) is 25.8 Å². The third-order valence-corrected chi connectivity index (χ3v) is 5.30. The molecule has 0 spiro atoms. The maximum absolute atomic E-state index is 12.9. The van der Waals surface area contributed by atoms with Crippen LogP contribution in [0.25, 0.3) is 0 Å². The van der Waals surface area contributed by atoms with E-state index in [1.807, 2.05) is 6.92 Å². The molecule has 1 aliphatic rings. The SMILES string of the molecule is C[C@H](NCC1CCCN(S(C)(=O)=O)C1)c1ccc(F)cc1. The fourth-order valence-electron chi connectivity index (χ4n) is 2.71. The zero-order valence-electron chi connectivity index (χ0n) is 12.5. The molecule has 1 heterocycles. The van der Waals surface area contributed by atoms with Gasteiger partial charge < -0.3 is 5.32 Å². The number of nitrogens with one attached hydrogen (secondary N) is 1. The Kier molecular flexibility index (Phi) is 5.35. The van der Waals surface area contributed by atoms with Crippen molar-refractivity contribution < 1.29 is 12.8 Å². The van der Waals surface area contributed by atoms with E-state index in [0.29, 0.717) is 19.0 Å². The molecule has 1 aromatic carbocycles. The number of nitrogens with zero attached hydrogens (tertiary/aromatic N) is 1. The fourth-order valence-corrected chi connectivity index (χ4v) is 3.65. The van der Waals surface area contributed by atoms with Crippen LogP contribution >= 0.6 is 0 Å². The first-order valence-electron chi connectivity index (χ1n) is 7.30. The van der Waals surface area contributed by atoms with Crippen LogP contribution in [-0.2, 0) is 10.0 Å². The van der Waals surface area contributed by atoms with Gasteiger partial charge in [-0.25, -0.2) is 17.1 Å². The molecule has 0 saturated carbocycles. The Morgan fingerprint density at radius 3 is 2.67 bits per heavy atom. The van der Waals surface area contributed by atoms with Crippen molar-refractivity contribution in [3.63, 3.8) is 0 Å². The Hall–Kier alpha value is -0.980. The van der Waals surface area contributed by atoms with Crippen LogP contribution in [0.2, 0.25) is 0 Å². The highest BCUT2D eigenvalue weighted by molar-refractivity contribution is 7.88. The smallest absolute Gasteiger partial charge is 0.211 e. The van der Waals surface area contributed by atoms with Crippen LogP contribution in [-0.4, -0.2) is 38.6 Å². The lowest BCUT2D eigenvalue weighted by Crippen LogP contribution is -2.42. The van der Waals surface area contributed by atoms with Crippen LogP contribution in [0, 0.1) is 11.7 Å². The number of benzene rings is 1. The van der Waals surface area contributed by atoms with Gasteiger partial charge in [0.15, 0.2) is 0 Å². The van der Waals surface area contributed by atoms with Gasteiger partial charge in [-0.2, -0.15) is 0 Å². The first kappa shape index (κ1) is 16.4. The van der Waals surface area contributed by atoms with Crippen LogP contribution in [0.15, 0.2) is 24.3 Å². The molecule has 0 aromatic heterocycles. The topological polar surface area (TPSA) is 49.4 Å². The van der Waals surface area contributed by atoms with Crippen LogP contribution in [0.3, 0.4) is 0 Å². The standard InChI is InChI=1S/C15H23FN2O2S/c1-12(14-5-7-15(16)8-6-14)17-10-13-4-3-9-18(11-13)21(2,19)20/h5-8,12-13,17H,3-4,9-11H2,1-2H3/t12-,13?/m0/s1. The predicted octanol–water partition coefficient (Wildman–Crippen LogP) is 2.15. The number of rotatable bonds is 5. The molecule has 0 amide bonds. The summed E-state index contributed by atoms with van der Waals surface area (Å²) in [6, 6.07) is 6.59. The molecule has 1 unspecified atom stereocenters. The van der Waals surface area contributed by atoms with Gasteiger partial charge in [0.05, 0.1) is 6.26 Å². The van der Waals surface area contributed by atoms with Crippen LogP contribution in [0.1, 0.15) is 31.4 Å². The monoisotopic (exact) mass is 314 g/mol. The minimum Gasteiger partial charge on any atom is -0.310 e. The minimum absolute atomic E-state index is 0.124. The van der Waals surface area contributed by atoms with E-state index in [9.17, 15) is 12.8 Å². The van der Waals surface area contributed by atoms with Crippen molar-refractivity contribution in [1.29, 1.82) is 0 Å². The molecule has 21 heavy (non-hydrogen) atoms. The normalized spacial score (nSPS) is 22.1. The molecule has 1 N–H and O–H groups in total. The lowest BCUT2D eigenvalue weighted by atomic mass is 9.99. The summed E-state index contributed by atoms with van der Waals surface area (Å²) in [4.78, 5) is 0. The molecular weight excluding hydrogens is 291 g/mol. The Balaban J connectivity index is 1.86. The van der Waals surface area contributed by atoms with Gasteiger partial charge in [0.1, 0.15) is 5.82 Å². The Morgan fingerprint density at radius 2 is 2.05 bits per heavy atom. The van der Waals surface area contributed by atoms with Gasteiger partial charge in [0, 0.05) is 19.1 Å². The van der Waals surface area contributed by atoms with Crippen molar-refractivity contribution >= 4 is 10.0 Å². The van der Waals surface area contributed by atoms with Gasteiger partial charge >= 0.3 is 0 Å². The molecule has 2 atom stereocenters. The molecule has 1 fully saturated rings. The quantitative estimate of drug-likeness (QED) is 0.906. The molecular formula is C15H23FN2O2S. The van der Waals surface area contributed by atoms with Gasteiger partial charge in [-0.1, -0.05) is 12.1 Å². The molecule has 118 valence electrons. The Bertz CT molecular complexity index is 560. The third kappa shape index (κ3) is 4.76. The van der Waals surface area contributed by atoms with E-state index in [1.54, 1.807) is 16.4 Å². The third-order valence-electron chi connectivity index (χ3n) is 4.03. The number of piperidine rings is 1. The largest absolute Gasteiger partial charge is 0.310 e. The van der Waals surface area contributed by atoms with Crippen LogP contribution < -0.4 is 5.32 Å². The number of sulfonamides is 1. The summed E-state index contributed by atoms with van der Waals surface area (Å²) >= 11 is 0. The Labute approximate surface area is 126 Å². The lowest BCUT2D eigenvalue weighted by molar-refractivity contribution is 0.257. The van der Waals surface area contributed by atoms with Crippen molar-refractivity contribution in [2.24, 2.45) is 5.92 Å². The first-order valence-corrected chi connectivity index (χ1v) is 9.15. The van der Waals surface area contributed by atoms with Gasteiger partial charge in [0.25, 0.3) is 0 Å². The van der Waals surface area contributed by atoms with Crippen molar-refractivity contribution in [3.05, 3.63) is 35.6 Å². The van der Waals surface area contributed by atoms with Crippen molar-refractivity contribution in [2.75, 3.05) is 25.9 Å². The molecule has 0 aliphatic carbocycles. The zero-order chi connectivity index (χ0) is 15.5. The van der Waals surface area contributed by atoms with E-state index in [0.717, 1.165) is 24.9 Å². The molecule has 1 aliphatic heterocycles. The summed E-state index contributed by atoms with van der Waals surface area (Å²) in [5, 5.41) is 3.42. The summed E-state index contributed by atoms with van der Waals surface area (Å²) in [6.07, 6.45) is 3.21. The lowest BCUT2D eigenvalue weighted by Gasteiger charge is -2.31. The second kappa shape index (κ2) is 6.85. The van der Waals surface area contributed by atoms with Gasteiger partial charge in [-0.05, 0) is 49.9 Å². The Morgan fingerprint density at radius 1 is 1.38 bits per heavy atom. The molecule has 1 saturated heterocycles. The summed E-state index contributed by atoms with van der Waals surface area (Å²) in [6.45, 7) is 4.01. The molecule has 0 radical (unpaired) electrons. The van der Waals surface area contributed by atoms with Crippen molar-refractivity contribution in [3.8, 4) is 0 Å². The summed E-state index contributed by atoms with van der Waals surface area (Å²) in [7, 11) is -3.09. The molecule has 4 nitrogen and oxygen atoms in total. The maximum atomic E-state index is 12.9. The fraction of sp³-hybridized carbons (Fsp3) is 0.600.